The minimum Gasteiger partial charge on any atom is -0.496 e. The third-order valence-corrected chi connectivity index (χ3v) is 5.57. The van der Waals surface area contributed by atoms with Crippen LogP contribution < -0.4 is 15.4 Å². The molecule has 1 aliphatic carbocycles. The third-order valence-electron chi connectivity index (χ3n) is 5.57. The van der Waals surface area contributed by atoms with Gasteiger partial charge in [-0.05, 0) is 34.4 Å². The van der Waals surface area contributed by atoms with Crippen LogP contribution in [0.15, 0.2) is 66.7 Å². The molecule has 2 amide bonds. The predicted molar refractivity (Wildman–Crippen MR) is 129 cm³/mol. The molecule has 0 atom stereocenters. The van der Waals surface area contributed by atoms with Crippen LogP contribution >= 0.6 is 0 Å². The summed E-state index contributed by atoms with van der Waals surface area (Å²) in [6.07, 6.45) is -0.630. The van der Waals surface area contributed by atoms with E-state index in [4.69, 9.17) is 14.6 Å². The van der Waals surface area contributed by atoms with Crippen molar-refractivity contribution in [2.24, 2.45) is 0 Å². The van der Waals surface area contributed by atoms with E-state index in [1.165, 1.54) is 19.2 Å². The average Bonchev–Trinajstić information content (AvgIpc) is 3.18. The largest absolute Gasteiger partial charge is 0.496 e. The topological polar surface area (TPSA) is 114 Å². The van der Waals surface area contributed by atoms with Gasteiger partial charge >= 0.3 is 12.1 Å². The Morgan fingerprint density at radius 3 is 2.26 bits per heavy atom. The van der Waals surface area contributed by atoms with Gasteiger partial charge in [0.2, 0.25) is 0 Å². The van der Waals surface area contributed by atoms with Gasteiger partial charge in [-0.1, -0.05) is 54.5 Å². The van der Waals surface area contributed by atoms with Crippen LogP contribution in [0, 0.1) is 11.8 Å². The van der Waals surface area contributed by atoms with Crippen LogP contribution in [0.2, 0.25) is 0 Å². The Hall–Kier alpha value is -4.77. The Kier molecular flexibility index (Phi) is 6.98. The minimum atomic E-state index is -1.28. The van der Waals surface area contributed by atoms with Crippen molar-refractivity contribution in [3.05, 3.63) is 83.4 Å². The molecule has 0 saturated carbocycles. The summed E-state index contributed by atoms with van der Waals surface area (Å²) in [7, 11) is 1.40. The molecule has 0 fully saturated rings. The molecule has 0 spiro atoms. The standard InChI is InChI=1S/C27H22N2O6/c1-34-24-15-17(12-13-22(24)26(32)28-14-6-11-25(30)31)29-27(33)35-16-23-20-9-4-2-7-18(20)19-8-3-5-10-21(19)23/h2-5,7-10,12-13,15,23H,14,16H2,1H3,(H,28,32)(H,29,33)(H,30,31). The van der Waals surface area contributed by atoms with E-state index in [9.17, 15) is 14.4 Å². The summed E-state index contributed by atoms with van der Waals surface area (Å²) >= 11 is 0. The number of methoxy groups -OCH3 is 1. The van der Waals surface area contributed by atoms with E-state index in [1.54, 1.807) is 6.07 Å². The number of fused-ring (bicyclic) bond motifs is 3. The van der Waals surface area contributed by atoms with Gasteiger partial charge in [0.05, 0.1) is 19.2 Å². The summed E-state index contributed by atoms with van der Waals surface area (Å²) in [6, 6.07) is 20.7. The Labute approximate surface area is 201 Å². The number of aliphatic carboxylic acids is 1. The highest BCUT2D eigenvalue weighted by Crippen LogP contribution is 2.44. The van der Waals surface area contributed by atoms with Gasteiger partial charge in [-0.3, -0.25) is 10.1 Å². The maximum absolute atomic E-state index is 12.5. The van der Waals surface area contributed by atoms with Gasteiger partial charge in [0, 0.05) is 23.6 Å². The lowest BCUT2D eigenvalue weighted by Crippen LogP contribution is -2.24. The van der Waals surface area contributed by atoms with Crippen molar-refractivity contribution in [2.45, 2.75) is 5.92 Å². The molecule has 0 saturated heterocycles. The van der Waals surface area contributed by atoms with Gasteiger partial charge in [-0.15, -0.1) is 0 Å². The van der Waals surface area contributed by atoms with Crippen LogP contribution in [0.5, 0.6) is 5.75 Å². The SMILES string of the molecule is COc1cc(NC(=O)OCC2c3ccccc3-c3ccccc32)ccc1C(=O)NCC#CC(=O)O. The van der Waals surface area contributed by atoms with Crippen molar-refractivity contribution in [1.82, 2.24) is 5.32 Å². The number of nitrogens with one attached hydrogen (secondary N) is 2. The summed E-state index contributed by atoms with van der Waals surface area (Å²) in [4.78, 5) is 35.3. The molecule has 3 N–H and O–H groups in total. The fourth-order valence-electron chi connectivity index (χ4n) is 4.05. The zero-order valence-electron chi connectivity index (χ0n) is 18.8. The van der Waals surface area contributed by atoms with E-state index in [-0.39, 0.29) is 30.4 Å². The van der Waals surface area contributed by atoms with E-state index in [0.717, 1.165) is 22.3 Å². The van der Waals surface area contributed by atoms with Crippen molar-refractivity contribution in [2.75, 3.05) is 25.6 Å². The average molecular weight is 470 g/mol. The quantitative estimate of drug-likeness (QED) is 0.471. The first-order chi connectivity index (χ1) is 17.0. The molecule has 176 valence electrons. The van der Waals surface area contributed by atoms with Gasteiger partial charge in [0.25, 0.3) is 5.91 Å². The summed E-state index contributed by atoms with van der Waals surface area (Å²) in [5.74, 6) is 2.63. The molecule has 4 rings (SSSR count). The normalized spacial score (nSPS) is 11.3. The van der Waals surface area contributed by atoms with Gasteiger partial charge in [-0.25, -0.2) is 9.59 Å². The summed E-state index contributed by atoms with van der Waals surface area (Å²) in [5.41, 5.74) is 5.12. The number of rotatable bonds is 6. The van der Waals surface area contributed by atoms with Gasteiger partial charge in [-0.2, -0.15) is 0 Å². The number of hydrogen-bond acceptors (Lipinski definition) is 5. The summed E-state index contributed by atoms with van der Waals surface area (Å²) < 4.78 is 10.8. The number of carboxylic acid groups (broad SMARTS) is 1. The van der Waals surface area contributed by atoms with E-state index in [2.05, 4.69) is 28.7 Å². The highest BCUT2D eigenvalue weighted by atomic mass is 16.5. The summed E-state index contributed by atoms with van der Waals surface area (Å²) in [5, 5.41) is 13.7. The second-order valence-corrected chi connectivity index (χ2v) is 7.66. The zero-order chi connectivity index (χ0) is 24.8. The molecule has 8 nitrogen and oxygen atoms in total. The molecule has 0 aromatic heterocycles. The first-order valence-corrected chi connectivity index (χ1v) is 10.8. The van der Waals surface area contributed by atoms with Crippen molar-refractivity contribution < 1.29 is 29.0 Å². The molecule has 35 heavy (non-hydrogen) atoms. The molecule has 8 heteroatoms. The number of anilines is 1. The van der Waals surface area contributed by atoms with Crippen LogP contribution in [-0.2, 0) is 9.53 Å². The fourth-order valence-corrected chi connectivity index (χ4v) is 4.05. The Morgan fingerprint density at radius 2 is 1.63 bits per heavy atom. The number of carboxylic acids is 1. The first kappa shape index (κ1) is 23.4. The number of carbonyl (C=O) groups is 3. The monoisotopic (exact) mass is 470 g/mol. The van der Waals surface area contributed by atoms with Crippen LogP contribution in [0.1, 0.15) is 27.4 Å². The van der Waals surface area contributed by atoms with Gasteiger partial charge < -0.3 is 19.9 Å². The lowest BCUT2D eigenvalue weighted by atomic mass is 9.98. The minimum absolute atomic E-state index is 0.0574. The molecule has 3 aromatic rings. The molecule has 0 heterocycles. The van der Waals surface area contributed by atoms with Gasteiger partial charge in [0.15, 0.2) is 0 Å². The lowest BCUT2D eigenvalue weighted by molar-refractivity contribution is -0.130. The molecule has 0 unspecified atom stereocenters. The maximum Gasteiger partial charge on any atom is 0.411 e. The number of amides is 2. The van der Waals surface area contributed by atoms with E-state index in [0.29, 0.717) is 5.69 Å². The van der Waals surface area contributed by atoms with E-state index in [1.807, 2.05) is 42.3 Å². The highest BCUT2D eigenvalue weighted by Gasteiger charge is 2.29. The van der Waals surface area contributed by atoms with Crippen molar-refractivity contribution in [3.8, 4) is 28.7 Å². The second-order valence-electron chi connectivity index (χ2n) is 7.66. The van der Waals surface area contributed by atoms with Crippen LogP contribution in [0.25, 0.3) is 11.1 Å². The maximum atomic E-state index is 12.5. The van der Waals surface area contributed by atoms with Crippen molar-refractivity contribution in [1.29, 1.82) is 0 Å². The molecular weight excluding hydrogens is 448 g/mol. The Bertz CT molecular complexity index is 1310. The molecule has 0 radical (unpaired) electrons. The van der Waals surface area contributed by atoms with Crippen LogP contribution in [-0.4, -0.2) is 43.3 Å². The number of carbonyl (C=O) groups excluding carboxylic acids is 2. The predicted octanol–water partition coefficient (Wildman–Crippen LogP) is 3.87. The first-order valence-electron chi connectivity index (χ1n) is 10.8. The fraction of sp³-hybridized carbons (Fsp3) is 0.148. The number of hydrogen-bond donors (Lipinski definition) is 3. The molecule has 0 aliphatic heterocycles. The Morgan fingerprint density at radius 1 is 0.971 bits per heavy atom. The number of benzene rings is 3. The second kappa shape index (κ2) is 10.4. The van der Waals surface area contributed by atoms with E-state index < -0.39 is 18.0 Å². The molecular formula is C27H22N2O6. The lowest BCUT2D eigenvalue weighted by Gasteiger charge is -2.15. The highest BCUT2D eigenvalue weighted by molar-refractivity contribution is 5.98. The number of ether oxygens (including phenoxy) is 2. The van der Waals surface area contributed by atoms with Crippen molar-refractivity contribution in [3.63, 3.8) is 0 Å². The third kappa shape index (κ3) is 5.25. The molecule has 0 bridgehead atoms. The van der Waals surface area contributed by atoms with Crippen LogP contribution in [0.4, 0.5) is 10.5 Å². The Balaban J connectivity index is 1.39. The van der Waals surface area contributed by atoms with Crippen molar-refractivity contribution >= 4 is 23.7 Å². The smallest absolute Gasteiger partial charge is 0.411 e. The molecule has 3 aromatic carbocycles. The van der Waals surface area contributed by atoms with Crippen LogP contribution in [0.3, 0.4) is 0 Å². The van der Waals surface area contributed by atoms with Gasteiger partial charge in [0.1, 0.15) is 12.4 Å². The van der Waals surface area contributed by atoms with E-state index >= 15 is 0 Å². The summed E-state index contributed by atoms with van der Waals surface area (Å²) in [6.45, 7) is 0.0445. The zero-order valence-corrected chi connectivity index (χ0v) is 18.8. The molecule has 1 aliphatic rings.